The molecule has 4 aromatic rings. The van der Waals surface area contributed by atoms with Crippen molar-refractivity contribution in [3.63, 3.8) is 0 Å². The fourth-order valence-electron chi connectivity index (χ4n) is 4.82. The molecule has 1 amide bonds. The Hall–Kier alpha value is -4.59. The second-order valence-corrected chi connectivity index (χ2v) is 11.0. The number of nitrogens with zero attached hydrogens (tertiary/aromatic N) is 2. The van der Waals surface area contributed by atoms with E-state index in [1.807, 2.05) is 0 Å². The second kappa shape index (κ2) is 10.3. The van der Waals surface area contributed by atoms with Crippen LogP contribution in [0.3, 0.4) is 0 Å². The first-order chi connectivity index (χ1) is 20.1. The maximum atomic E-state index is 15.3. The normalized spacial score (nSPS) is 17.1. The molecule has 14 heteroatoms. The molecule has 2 aromatic carbocycles. The Morgan fingerprint density at radius 1 is 0.953 bits per heavy atom. The molecule has 1 aliphatic rings. The van der Waals surface area contributed by atoms with E-state index in [4.69, 9.17) is 4.52 Å². The SMILES string of the molecule is Cc1noc(C)c1C1=C(c2cc(-c3ccc(/C=N/NC(=O)c4ccccc4O)c(O)c3)sc2C)C(F)(F)C(F)(F)C1(F)F. The summed E-state index contributed by atoms with van der Waals surface area (Å²) in [6, 6.07) is 10.9. The highest BCUT2D eigenvalue weighted by molar-refractivity contribution is 7.15. The van der Waals surface area contributed by atoms with Crippen molar-refractivity contribution in [2.75, 3.05) is 0 Å². The zero-order valence-corrected chi connectivity index (χ0v) is 23.3. The number of thiophene rings is 1. The highest BCUT2D eigenvalue weighted by atomic mass is 32.1. The molecule has 2 aromatic heterocycles. The number of aromatic nitrogens is 1. The Kier molecular flexibility index (Phi) is 7.15. The fourth-order valence-corrected chi connectivity index (χ4v) is 5.84. The summed E-state index contributed by atoms with van der Waals surface area (Å²) in [6.07, 6.45) is 1.12. The molecule has 224 valence electrons. The number of amides is 1. The number of hydrogen-bond acceptors (Lipinski definition) is 7. The van der Waals surface area contributed by atoms with Crippen molar-refractivity contribution in [1.82, 2.24) is 10.6 Å². The van der Waals surface area contributed by atoms with Gasteiger partial charge in [-0.25, -0.2) is 5.43 Å². The summed E-state index contributed by atoms with van der Waals surface area (Å²) in [7, 11) is 0. The Balaban J connectivity index is 1.51. The lowest BCUT2D eigenvalue weighted by molar-refractivity contribution is -0.254. The Labute approximate surface area is 243 Å². The van der Waals surface area contributed by atoms with E-state index in [0.29, 0.717) is 0 Å². The summed E-state index contributed by atoms with van der Waals surface area (Å²) >= 11 is 0.877. The Morgan fingerprint density at radius 2 is 1.63 bits per heavy atom. The standard InChI is InChI=1S/C29H21F6N3O4S/c1-13-23(14(2)42-38-13)25-24(27(30,31)29(34,35)28(25,32)33)19-11-22(43-15(19)3)16-8-9-17(21(40)10-16)12-36-37-26(41)18-6-4-5-7-20(18)39/h4-12,39-40H,1-3H3,(H,37,41)/b36-12+. The number of benzene rings is 2. The minimum atomic E-state index is -5.73. The van der Waals surface area contributed by atoms with Crippen molar-refractivity contribution in [1.29, 1.82) is 0 Å². The summed E-state index contributed by atoms with van der Waals surface area (Å²) in [4.78, 5) is 12.5. The number of phenols is 2. The molecule has 0 saturated heterocycles. The third-order valence-corrected chi connectivity index (χ3v) is 8.07. The van der Waals surface area contributed by atoms with Crippen molar-refractivity contribution in [3.05, 3.63) is 87.1 Å². The van der Waals surface area contributed by atoms with Crippen LogP contribution in [-0.4, -0.2) is 45.3 Å². The molecule has 1 aliphatic carbocycles. The molecule has 0 bridgehead atoms. The van der Waals surface area contributed by atoms with Crippen molar-refractivity contribution in [2.45, 2.75) is 38.5 Å². The molecule has 2 heterocycles. The Bertz CT molecular complexity index is 1810. The van der Waals surface area contributed by atoms with Crippen LogP contribution in [0.4, 0.5) is 26.3 Å². The number of halogens is 6. The average Bonchev–Trinajstić information content (AvgIpc) is 3.50. The number of hydrazone groups is 1. The van der Waals surface area contributed by atoms with Crippen LogP contribution in [0.25, 0.3) is 21.6 Å². The largest absolute Gasteiger partial charge is 0.507 e. The number of carbonyl (C=O) groups is 1. The molecule has 0 unspecified atom stereocenters. The number of aryl methyl sites for hydroxylation is 3. The van der Waals surface area contributed by atoms with Gasteiger partial charge in [0.2, 0.25) is 0 Å². The third kappa shape index (κ3) is 4.65. The van der Waals surface area contributed by atoms with Gasteiger partial charge in [-0.3, -0.25) is 4.79 Å². The van der Waals surface area contributed by atoms with E-state index in [1.54, 1.807) is 6.07 Å². The number of alkyl halides is 6. The number of para-hydroxylation sites is 1. The molecule has 0 atom stereocenters. The molecule has 0 fully saturated rings. The van der Waals surface area contributed by atoms with E-state index in [0.717, 1.165) is 23.6 Å². The van der Waals surface area contributed by atoms with Gasteiger partial charge in [0.15, 0.2) is 0 Å². The number of hydrogen-bond donors (Lipinski definition) is 3. The van der Waals surface area contributed by atoms with Crippen LogP contribution in [0.2, 0.25) is 0 Å². The smallest absolute Gasteiger partial charge is 0.380 e. The number of carbonyl (C=O) groups excluding carboxylic acids is 1. The van der Waals surface area contributed by atoms with Gasteiger partial charge in [-0.2, -0.15) is 31.4 Å². The molecule has 0 aliphatic heterocycles. The van der Waals surface area contributed by atoms with E-state index in [9.17, 15) is 23.8 Å². The summed E-state index contributed by atoms with van der Waals surface area (Å²) < 4.78 is 95.0. The lowest BCUT2D eigenvalue weighted by Gasteiger charge is -2.25. The first-order valence-electron chi connectivity index (χ1n) is 12.5. The van der Waals surface area contributed by atoms with Gasteiger partial charge < -0.3 is 14.7 Å². The number of phenolic OH excluding ortho intramolecular Hbond substituents is 2. The average molecular weight is 622 g/mol. The number of aromatic hydroxyl groups is 2. The zero-order chi connectivity index (χ0) is 31.5. The fraction of sp³-hybridized carbons (Fsp3) is 0.207. The molecule has 5 rings (SSSR count). The van der Waals surface area contributed by atoms with Gasteiger partial charge in [-0.1, -0.05) is 23.4 Å². The monoisotopic (exact) mass is 621 g/mol. The van der Waals surface area contributed by atoms with E-state index in [-0.39, 0.29) is 49.4 Å². The van der Waals surface area contributed by atoms with Crippen LogP contribution >= 0.6 is 11.3 Å². The second-order valence-electron chi connectivity index (χ2n) is 9.74. The van der Waals surface area contributed by atoms with Crippen LogP contribution in [-0.2, 0) is 0 Å². The van der Waals surface area contributed by atoms with Crippen molar-refractivity contribution in [3.8, 4) is 21.9 Å². The van der Waals surface area contributed by atoms with E-state index < -0.39 is 45.9 Å². The topological polar surface area (TPSA) is 108 Å². The maximum Gasteiger partial charge on any atom is 0.380 e. The quantitative estimate of drug-likeness (QED) is 0.119. The van der Waals surface area contributed by atoms with Gasteiger partial charge >= 0.3 is 17.8 Å². The van der Waals surface area contributed by atoms with Crippen LogP contribution in [0.5, 0.6) is 11.5 Å². The number of nitrogens with one attached hydrogen (secondary N) is 1. The van der Waals surface area contributed by atoms with Gasteiger partial charge in [0.1, 0.15) is 17.3 Å². The van der Waals surface area contributed by atoms with Crippen LogP contribution in [0.1, 0.15) is 43.4 Å². The van der Waals surface area contributed by atoms with Crippen LogP contribution in [0, 0.1) is 20.8 Å². The predicted molar refractivity (Wildman–Crippen MR) is 147 cm³/mol. The molecule has 0 spiro atoms. The number of allylic oxidation sites excluding steroid dienone is 2. The Morgan fingerprint density at radius 3 is 2.26 bits per heavy atom. The van der Waals surface area contributed by atoms with Crippen molar-refractivity contribution in [2.24, 2.45) is 5.10 Å². The predicted octanol–water partition coefficient (Wildman–Crippen LogP) is 7.33. The molecule has 3 N–H and O–H groups in total. The molecule has 43 heavy (non-hydrogen) atoms. The molecular weight excluding hydrogens is 600 g/mol. The summed E-state index contributed by atoms with van der Waals surface area (Å²) in [5.74, 6) is -17.8. The summed E-state index contributed by atoms with van der Waals surface area (Å²) in [5.41, 5.74) is -1.85. The first-order valence-corrected chi connectivity index (χ1v) is 13.3. The van der Waals surface area contributed by atoms with Crippen LogP contribution in [0.15, 0.2) is 58.2 Å². The number of rotatable bonds is 6. The van der Waals surface area contributed by atoms with Crippen molar-refractivity contribution < 1.29 is 45.9 Å². The summed E-state index contributed by atoms with van der Waals surface area (Å²) in [5, 5.41) is 27.5. The van der Waals surface area contributed by atoms with E-state index >= 15 is 17.6 Å². The van der Waals surface area contributed by atoms with Gasteiger partial charge in [-0.05, 0) is 62.2 Å². The lowest BCUT2D eigenvalue weighted by atomic mass is 9.93. The molecule has 7 nitrogen and oxygen atoms in total. The first kappa shape index (κ1) is 29.9. The molecule has 0 saturated carbocycles. The van der Waals surface area contributed by atoms with Gasteiger partial charge in [0, 0.05) is 26.5 Å². The lowest BCUT2D eigenvalue weighted by Crippen LogP contribution is -2.49. The van der Waals surface area contributed by atoms with Gasteiger partial charge in [-0.15, -0.1) is 11.3 Å². The van der Waals surface area contributed by atoms with E-state index in [1.165, 1.54) is 57.2 Å². The minimum absolute atomic E-state index is 0.0286. The van der Waals surface area contributed by atoms with Gasteiger partial charge in [0.25, 0.3) is 5.91 Å². The highest BCUT2D eigenvalue weighted by Crippen LogP contribution is 2.65. The third-order valence-electron chi connectivity index (χ3n) is 6.97. The van der Waals surface area contributed by atoms with Crippen molar-refractivity contribution >= 4 is 34.6 Å². The molecular formula is C29H21F6N3O4S. The zero-order valence-electron chi connectivity index (χ0n) is 22.5. The highest BCUT2D eigenvalue weighted by Gasteiger charge is 2.80. The maximum absolute atomic E-state index is 15.3. The molecule has 0 radical (unpaired) electrons. The van der Waals surface area contributed by atoms with Crippen LogP contribution < -0.4 is 5.43 Å². The minimum Gasteiger partial charge on any atom is -0.507 e. The van der Waals surface area contributed by atoms with Gasteiger partial charge in [0.05, 0.1) is 23.0 Å². The summed E-state index contributed by atoms with van der Waals surface area (Å²) in [6.45, 7) is 3.69. The van der Waals surface area contributed by atoms with E-state index in [2.05, 4.69) is 15.7 Å².